The smallest absolute Gasteiger partial charge is 0.414 e. The zero-order chi connectivity index (χ0) is 21.9. The molecule has 1 aliphatic rings. The van der Waals surface area contributed by atoms with E-state index in [2.05, 4.69) is 16.4 Å². The summed E-state index contributed by atoms with van der Waals surface area (Å²) in [4.78, 5) is 17.1. The highest BCUT2D eigenvalue weighted by Crippen LogP contribution is 2.30. The number of rotatable bonds is 5. The van der Waals surface area contributed by atoms with Crippen LogP contribution in [0.5, 0.6) is 0 Å². The van der Waals surface area contributed by atoms with E-state index in [0.29, 0.717) is 23.6 Å². The molecule has 0 saturated carbocycles. The Hall–Kier alpha value is -3.42. The van der Waals surface area contributed by atoms with E-state index < -0.39 is 28.0 Å². The van der Waals surface area contributed by atoms with E-state index >= 15 is 0 Å². The molecule has 0 spiro atoms. The first-order valence-corrected chi connectivity index (χ1v) is 10.4. The molecular weight excluding hydrogens is 411 g/mol. The average molecular weight is 430 g/mol. The predicted molar refractivity (Wildman–Crippen MR) is 111 cm³/mol. The standard InChI is InChI=1S/C20H19FN4O4S/c1-3-23-13(2)24-11-16-12-25(20(26)29-16)15-7-8-18(19(21)10-15)14-5-4-6-17(9-14)30(22,27)28/h1,4-10,16H,11-12H2,2H3,(H,23,24)(H2,22,27,28)/t16-/m0/s1. The summed E-state index contributed by atoms with van der Waals surface area (Å²) < 4.78 is 43.1. The number of amides is 1. The third kappa shape index (κ3) is 4.76. The molecule has 1 atom stereocenters. The van der Waals surface area contributed by atoms with Crippen molar-refractivity contribution in [2.45, 2.75) is 17.9 Å². The first-order valence-electron chi connectivity index (χ1n) is 8.83. The molecule has 1 heterocycles. The van der Waals surface area contributed by atoms with Crippen molar-refractivity contribution in [1.82, 2.24) is 5.32 Å². The monoisotopic (exact) mass is 430 g/mol. The Balaban J connectivity index is 1.78. The van der Waals surface area contributed by atoms with E-state index in [4.69, 9.17) is 16.3 Å². The summed E-state index contributed by atoms with van der Waals surface area (Å²) in [6.07, 6.45) is 4.02. The number of aliphatic imine (C=N–C) groups is 1. The van der Waals surface area contributed by atoms with E-state index in [-0.39, 0.29) is 17.0 Å². The molecule has 1 fully saturated rings. The maximum Gasteiger partial charge on any atom is 0.414 e. The summed E-state index contributed by atoms with van der Waals surface area (Å²) in [5.74, 6) is -0.102. The number of anilines is 1. The number of amidine groups is 1. The largest absolute Gasteiger partial charge is 0.442 e. The Morgan fingerprint density at radius 1 is 1.40 bits per heavy atom. The highest BCUT2D eigenvalue weighted by molar-refractivity contribution is 7.89. The Labute approximate surface area is 173 Å². The molecule has 0 unspecified atom stereocenters. The summed E-state index contributed by atoms with van der Waals surface area (Å²) in [7, 11) is -3.91. The van der Waals surface area contributed by atoms with Gasteiger partial charge in [0.25, 0.3) is 0 Å². The van der Waals surface area contributed by atoms with Crippen molar-refractivity contribution in [3.05, 3.63) is 48.3 Å². The SMILES string of the molecule is C#CN=C(C)NC[C@H]1CN(c2ccc(-c3cccc(S(N)(=O)=O)c3)c(F)c2)C(=O)O1. The van der Waals surface area contributed by atoms with Crippen molar-refractivity contribution in [3.63, 3.8) is 0 Å². The Kier molecular flexibility index (Phi) is 6.05. The molecule has 156 valence electrons. The number of nitrogens with two attached hydrogens (primary N) is 1. The van der Waals surface area contributed by atoms with Crippen molar-refractivity contribution >= 4 is 27.6 Å². The molecule has 30 heavy (non-hydrogen) atoms. The molecule has 0 aliphatic carbocycles. The molecule has 3 rings (SSSR count). The molecule has 0 bridgehead atoms. The number of nitrogens with zero attached hydrogens (tertiary/aromatic N) is 2. The van der Waals surface area contributed by atoms with E-state index in [1.54, 1.807) is 19.1 Å². The van der Waals surface area contributed by atoms with Gasteiger partial charge in [0.15, 0.2) is 0 Å². The number of cyclic esters (lactones) is 1. The van der Waals surface area contributed by atoms with Crippen LogP contribution in [0.15, 0.2) is 52.4 Å². The minimum Gasteiger partial charge on any atom is -0.442 e. The molecule has 2 aromatic rings. The number of sulfonamides is 1. The van der Waals surface area contributed by atoms with Crippen LogP contribution in [0.4, 0.5) is 14.9 Å². The fourth-order valence-corrected chi connectivity index (χ4v) is 3.54. The molecule has 1 amide bonds. The molecule has 1 aliphatic heterocycles. The Morgan fingerprint density at radius 3 is 2.83 bits per heavy atom. The highest BCUT2D eigenvalue weighted by Gasteiger charge is 2.32. The maximum atomic E-state index is 14.8. The zero-order valence-electron chi connectivity index (χ0n) is 16.0. The van der Waals surface area contributed by atoms with Crippen LogP contribution < -0.4 is 15.4 Å². The zero-order valence-corrected chi connectivity index (χ0v) is 16.8. The number of hydrogen-bond donors (Lipinski definition) is 2. The minimum absolute atomic E-state index is 0.120. The summed E-state index contributed by atoms with van der Waals surface area (Å²) in [5, 5.41) is 8.08. The quantitative estimate of drug-likeness (QED) is 0.428. The van der Waals surface area contributed by atoms with Crippen LogP contribution in [0.2, 0.25) is 0 Å². The predicted octanol–water partition coefficient (Wildman–Crippen LogP) is 2.06. The van der Waals surface area contributed by atoms with Crippen LogP contribution in [0.3, 0.4) is 0 Å². The van der Waals surface area contributed by atoms with Crippen LogP contribution in [-0.4, -0.2) is 39.5 Å². The van der Waals surface area contributed by atoms with Gasteiger partial charge in [-0.1, -0.05) is 18.6 Å². The highest BCUT2D eigenvalue weighted by atomic mass is 32.2. The number of benzene rings is 2. The molecule has 2 aromatic carbocycles. The third-order valence-electron chi connectivity index (χ3n) is 4.43. The maximum absolute atomic E-state index is 14.8. The molecule has 8 nitrogen and oxygen atoms in total. The lowest BCUT2D eigenvalue weighted by Gasteiger charge is -2.15. The molecule has 0 aromatic heterocycles. The number of carbonyl (C=O) groups is 1. The lowest BCUT2D eigenvalue weighted by molar-refractivity contribution is 0.143. The Morgan fingerprint density at radius 2 is 2.17 bits per heavy atom. The van der Waals surface area contributed by atoms with Gasteiger partial charge in [-0.3, -0.25) is 4.90 Å². The lowest BCUT2D eigenvalue weighted by Crippen LogP contribution is -2.33. The third-order valence-corrected chi connectivity index (χ3v) is 5.34. The van der Waals surface area contributed by atoms with Gasteiger partial charge >= 0.3 is 6.09 Å². The van der Waals surface area contributed by atoms with Crippen LogP contribution in [-0.2, 0) is 14.8 Å². The fourth-order valence-electron chi connectivity index (χ4n) is 2.98. The average Bonchev–Trinajstić information content (AvgIpc) is 3.06. The molecular formula is C20H19FN4O4S. The lowest BCUT2D eigenvalue weighted by atomic mass is 10.0. The van der Waals surface area contributed by atoms with Crippen molar-refractivity contribution < 1.29 is 22.3 Å². The first kappa shape index (κ1) is 21.3. The normalized spacial score (nSPS) is 16.9. The topological polar surface area (TPSA) is 114 Å². The number of hydrogen-bond acceptors (Lipinski definition) is 5. The summed E-state index contributed by atoms with van der Waals surface area (Å²) in [5.41, 5.74) is 0.844. The van der Waals surface area contributed by atoms with Gasteiger partial charge in [0.05, 0.1) is 23.7 Å². The summed E-state index contributed by atoms with van der Waals surface area (Å²) >= 11 is 0. The van der Waals surface area contributed by atoms with Crippen LogP contribution in [0.1, 0.15) is 6.92 Å². The number of ether oxygens (including phenoxy) is 1. The summed E-state index contributed by atoms with van der Waals surface area (Å²) in [6, 6.07) is 12.0. The Bertz CT molecular complexity index is 1160. The van der Waals surface area contributed by atoms with Gasteiger partial charge < -0.3 is 10.1 Å². The van der Waals surface area contributed by atoms with E-state index in [1.807, 2.05) is 0 Å². The van der Waals surface area contributed by atoms with Gasteiger partial charge in [-0.15, -0.1) is 0 Å². The fraction of sp³-hybridized carbons (Fsp3) is 0.200. The van der Waals surface area contributed by atoms with Crippen molar-refractivity contribution in [3.8, 4) is 23.6 Å². The van der Waals surface area contributed by atoms with Crippen molar-refractivity contribution in [2.75, 3.05) is 18.0 Å². The summed E-state index contributed by atoms with van der Waals surface area (Å²) in [6.45, 7) is 2.21. The van der Waals surface area contributed by atoms with E-state index in [9.17, 15) is 17.6 Å². The van der Waals surface area contributed by atoms with Crippen LogP contribution in [0.25, 0.3) is 11.1 Å². The number of terminal acetylenes is 1. The van der Waals surface area contributed by atoms with E-state index in [0.717, 1.165) is 0 Å². The van der Waals surface area contributed by atoms with Gasteiger partial charge in [0.2, 0.25) is 10.0 Å². The van der Waals surface area contributed by atoms with Gasteiger partial charge in [-0.2, -0.15) is 4.99 Å². The van der Waals surface area contributed by atoms with E-state index in [1.165, 1.54) is 35.2 Å². The molecule has 1 saturated heterocycles. The molecule has 3 N–H and O–H groups in total. The first-order chi connectivity index (χ1) is 14.2. The second kappa shape index (κ2) is 8.52. The second-order valence-corrected chi connectivity index (χ2v) is 8.12. The van der Waals surface area contributed by atoms with Crippen LogP contribution >= 0.6 is 0 Å². The second-order valence-electron chi connectivity index (χ2n) is 6.56. The number of halogens is 1. The van der Waals surface area contributed by atoms with Crippen LogP contribution in [0, 0.1) is 18.3 Å². The van der Waals surface area contributed by atoms with Gasteiger partial charge in [-0.05, 0) is 42.8 Å². The molecule has 10 heteroatoms. The number of primary sulfonamides is 1. The van der Waals surface area contributed by atoms with Gasteiger partial charge in [0.1, 0.15) is 17.8 Å². The number of nitrogens with one attached hydrogen (secondary N) is 1. The molecule has 0 radical (unpaired) electrons. The number of carbonyl (C=O) groups excluding carboxylic acids is 1. The minimum atomic E-state index is -3.91. The van der Waals surface area contributed by atoms with Gasteiger partial charge in [-0.25, -0.2) is 22.7 Å². The van der Waals surface area contributed by atoms with Gasteiger partial charge in [0, 0.05) is 11.6 Å². The van der Waals surface area contributed by atoms with Crippen molar-refractivity contribution in [2.24, 2.45) is 10.1 Å². The van der Waals surface area contributed by atoms with Crippen molar-refractivity contribution in [1.29, 1.82) is 0 Å².